The summed E-state index contributed by atoms with van der Waals surface area (Å²) in [6.07, 6.45) is 4.58. The Balaban J connectivity index is 1.79. The van der Waals surface area contributed by atoms with E-state index in [1.54, 1.807) is 0 Å². The van der Waals surface area contributed by atoms with Gasteiger partial charge in [-0.15, -0.1) is 0 Å². The number of benzene rings is 1. The summed E-state index contributed by atoms with van der Waals surface area (Å²) in [5.74, 6) is 0.953. The third-order valence-electron chi connectivity index (χ3n) is 4.50. The summed E-state index contributed by atoms with van der Waals surface area (Å²) in [5.41, 5.74) is 0.958. The maximum atomic E-state index is 12.2. The fourth-order valence-corrected chi connectivity index (χ4v) is 3.22. The Morgan fingerprint density at radius 1 is 1.16 bits per heavy atom. The van der Waals surface area contributed by atoms with Crippen molar-refractivity contribution in [1.82, 2.24) is 10.6 Å². The molecule has 1 aliphatic rings. The average Bonchev–Trinajstić information content (AvgIpc) is 3.09. The summed E-state index contributed by atoms with van der Waals surface area (Å²) in [6.45, 7) is 6.29. The molecule has 0 spiro atoms. The number of nitrogens with one attached hydrogen (secondary N) is 2. The maximum absolute atomic E-state index is 12.2. The highest BCUT2D eigenvalue weighted by atomic mass is 16.5. The van der Waals surface area contributed by atoms with E-state index in [1.807, 2.05) is 45.0 Å². The van der Waals surface area contributed by atoms with Gasteiger partial charge in [0.2, 0.25) is 11.8 Å². The largest absolute Gasteiger partial charge is 0.491 e. The van der Waals surface area contributed by atoms with Crippen molar-refractivity contribution < 1.29 is 14.3 Å². The molecule has 5 heteroatoms. The Kier molecular flexibility index (Phi) is 7.29. The summed E-state index contributed by atoms with van der Waals surface area (Å²) in [5, 5.41) is 5.86. The first-order chi connectivity index (χ1) is 12.0. The van der Waals surface area contributed by atoms with E-state index in [9.17, 15) is 9.59 Å². The van der Waals surface area contributed by atoms with Crippen LogP contribution < -0.4 is 15.4 Å². The van der Waals surface area contributed by atoms with Gasteiger partial charge in [-0.05, 0) is 39.7 Å². The second kappa shape index (κ2) is 9.44. The molecule has 5 nitrogen and oxygen atoms in total. The van der Waals surface area contributed by atoms with Crippen molar-refractivity contribution >= 4 is 11.8 Å². The smallest absolute Gasteiger partial charge is 0.223 e. The van der Waals surface area contributed by atoms with Crippen LogP contribution in [0.1, 0.15) is 64.5 Å². The molecule has 0 heterocycles. The Morgan fingerprint density at radius 2 is 1.84 bits per heavy atom. The van der Waals surface area contributed by atoms with E-state index in [-0.39, 0.29) is 36.3 Å². The highest BCUT2D eigenvalue weighted by Crippen LogP contribution is 2.26. The number of rotatable bonds is 8. The Bertz CT molecular complexity index is 580. The van der Waals surface area contributed by atoms with Gasteiger partial charge in [0, 0.05) is 24.4 Å². The van der Waals surface area contributed by atoms with Gasteiger partial charge in [-0.2, -0.15) is 0 Å². The zero-order chi connectivity index (χ0) is 18.2. The fraction of sp³-hybridized carbons (Fsp3) is 0.600. The molecule has 2 N–H and O–H groups in total. The van der Waals surface area contributed by atoms with Gasteiger partial charge in [0.1, 0.15) is 5.75 Å². The highest BCUT2D eigenvalue weighted by molar-refractivity contribution is 5.80. The van der Waals surface area contributed by atoms with E-state index in [0.29, 0.717) is 6.54 Å². The van der Waals surface area contributed by atoms with E-state index in [2.05, 4.69) is 10.6 Å². The Hall–Kier alpha value is -2.04. The lowest BCUT2D eigenvalue weighted by Gasteiger charge is -2.20. The molecule has 138 valence electrons. The number of ether oxygens (including phenoxy) is 1. The van der Waals surface area contributed by atoms with Gasteiger partial charge >= 0.3 is 0 Å². The molecule has 0 aromatic heterocycles. The minimum Gasteiger partial charge on any atom is -0.491 e. The molecule has 25 heavy (non-hydrogen) atoms. The maximum Gasteiger partial charge on any atom is 0.223 e. The van der Waals surface area contributed by atoms with Crippen LogP contribution in [-0.2, 0) is 9.59 Å². The van der Waals surface area contributed by atoms with E-state index < -0.39 is 0 Å². The van der Waals surface area contributed by atoms with Crippen LogP contribution in [-0.4, -0.2) is 24.5 Å². The molecule has 1 fully saturated rings. The van der Waals surface area contributed by atoms with Crippen molar-refractivity contribution in [2.45, 2.75) is 65.0 Å². The quantitative estimate of drug-likeness (QED) is 0.758. The van der Waals surface area contributed by atoms with Crippen molar-refractivity contribution in [3.05, 3.63) is 29.8 Å². The van der Waals surface area contributed by atoms with E-state index in [0.717, 1.165) is 37.0 Å². The van der Waals surface area contributed by atoms with Crippen molar-refractivity contribution in [2.24, 2.45) is 5.92 Å². The minimum absolute atomic E-state index is 0.0708. The first kappa shape index (κ1) is 19.3. The first-order valence-electron chi connectivity index (χ1n) is 9.30. The standard InChI is InChI=1S/C20H30N2O3/c1-14(2)25-18-11-7-6-10-17(18)15(3)22-19(23)12-13-21-20(24)16-8-4-5-9-16/h6-7,10-11,14-16H,4-5,8-9,12-13H2,1-3H3,(H,21,24)(H,22,23). The van der Waals surface area contributed by atoms with Crippen LogP contribution >= 0.6 is 0 Å². The zero-order valence-corrected chi connectivity index (χ0v) is 15.5. The first-order valence-corrected chi connectivity index (χ1v) is 9.30. The molecule has 1 aliphatic carbocycles. The molecule has 1 atom stereocenters. The normalized spacial score (nSPS) is 15.8. The van der Waals surface area contributed by atoms with Gasteiger partial charge < -0.3 is 15.4 Å². The van der Waals surface area contributed by atoms with Crippen LogP contribution in [0.15, 0.2) is 24.3 Å². The number of carbonyl (C=O) groups is 2. The molecule has 2 amide bonds. The second-order valence-electron chi connectivity index (χ2n) is 7.02. The van der Waals surface area contributed by atoms with Crippen molar-refractivity contribution in [2.75, 3.05) is 6.54 Å². The average molecular weight is 346 g/mol. The second-order valence-corrected chi connectivity index (χ2v) is 7.02. The summed E-state index contributed by atoms with van der Waals surface area (Å²) < 4.78 is 5.81. The number of para-hydroxylation sites is 1. The molecule has 1 saturated carbocycles. The van der Waals surface area contributed by atoms with E-state index in [4.69, 9.17) is 4.74 Å². The van der Waals surface area contributed by atoms with Crippen LogP contribution in [0.2, 0.25) is 0 Å². The fourth-order valence-electron chi connectivity index (χ4n) is 3.22. The number of amides is 2. The monoisotopic (exact) mass is 346 g/mol. The predicted molar refractivity (Wildman–Crippen MR) is 98.3 cm³/mol. The van der Waals surface area contributed by atoms with E-state index in [1.165, 1.54) is 0 Å². The lowest BCUT2D eigenvalue weighted by Crippen LogP contribution is -2.34. The van der Waals surface area contributed by atoms with Gasteiger partial charge in [0.25, 0.3) is 0 Å². The predicted octanol–water partition coefficient (Wildman–Crippen LogP) is 3.35. The molecule has 0 saturated heterocycles. The van der Waals surface area contributed by atoms with Gasteiger partial charge in [-0.3, -0.25) is 9.59 Å². The van der Waals surface area contributed by atoms with Crippen LogP contribution in [0, 0.1) is 5.92 Å². The van der Waals surface area contributed by atoms with Crippen molar-refractivity contribution in [1.29, 1.82) is 0 Å². The molecule has 0 radical (unpaired) electrons. The number of hydrogen-bond donors (Lipinski definition) is 2. The molecule has 1 aromatic carbocycles. The molecule has 1 aromatic rings. The van der Waals surface area contributed by atoms with E-state index >= 15 is 0 Å². The summed E-state index contributed by atoms with van der Waals surface area (Å²) in [6, 6.07) is 7.60. The summed E-state index contributed by atoms with van der Waals surface area (Å²) in [7, 11) is 0. The third kappa shape index (κ3) is 6.07. The summed E-state index contributed by atoms with van der Waals surface area (Å²) in [4.78, 5) is 24.1. The third-order valence-corrected chi connectivity index (χ3v) is 4.50. The Labute approximate surface area is 150 Å². The molecule has 0 aliphatic heterocycles. The van der Waals surface area contributed by atoms with Crippen LogP contribution in [0.3, 0.4) is 0 Å². The molecule has 0 bridgehead atoms. The molecule has 2 rings (SSSR count). The lowest BCUT2D eigenvalue weighted by molar-refractivity contribution is -0.125. The zero-order valence-electron chi connectivity index (χ0n) is 15.5. The molecular formula is C20H30N2O3. The minimum atomic E-state index is -0.145. The lowest BCUT2D eigenvalue weighted by atomic mass is 10.1. The Morgan fingerprint density at radius 3 is 2.52 bits per heavy atom. The van der Waals surface area contributed by atoms with Crippen LogP contribution in [0.5, 0.6) is 5.75 Å². The van der Waals surface area contributed by atoms with Crippen LogP contribution in [0.25, 0.3) is 0 Å². The summed E-state index contributed by atoms with van der Waals surface area (Å²) >= 11 is 0. The SMILES string of the molecule is CC(C)Oc1ccccc1C(C)NC(=O)CCNC(=O)C1CCCC1. The van der Waals surface area contributed by atoms with Gasteiger partial charge in [0.05, 0.1) is 12.1 Å². The molecule has 1 unspecified atom stereocenters. The van der Waals surface area contributed by atoms with Gasteiger partial charge in [-0.1, -0.05) is 31.0 Å². The van der Waals surface area contributed by atoms with Crippen molar-refractivity contribution in [3.8, 4) is 5.75 Å². The number of hydrogen-bond acceptors (Lipinski definition) is 3. The van der Waals surface area contributed by atoms with Gasteiger partial charge in [0.15, 0.2) is 0 Å². The molecular weight excluding hydrogens is 316 g/mol. The van der Waals surface area contributed by atoms with Crippen LogP contribution in [0.4, 0.5) is 0 Å². The highest BCUT2D eigenvalue weighted by Gasteiger charge is 2.22. The number of carbonyl (C=O) groups excluding carboxylic acids is 2. The van der Waals surface area contributed by atoms with Gasteiger partial charge in [-0.25, -0.2) is 0 Å². The van der Waals surface area contributed by atoms with Crippen molar-refractivity contribution in [3.63, 3.8) is 0 Å². The topological polar surface area (TPSA) is 67.4 Å².